The molecule has 162 valence electrons. The van der Waals surface area contributed by atoms with E-state index in [4.69, 9.17) is 18.9 Å². The fourth-order valence-electron chi connectivity index (χ4n) is 4.22. The third-order valence-electron chi connectivity index (χ3n) is 5.88. The van der Waals surface area contributed by atoms with E-state index in [9.17, 15) is 18.4 Å². The Hall–Kier alpha value is -3.36. The van der Waals surface area contributed by atoms with E-state index in [0.717, 1.165) is 0 Å². The molecule has 2 aromatic rings. The molecule has 1 aliphatic carbocycles. The second-order valence-corrected chi connectivity index (χ2v) is 7.69. The number of hydrogen-bond donors (Lipinski definition) is 1. The number of halogens is 2. The Labute approximate surface area is 176 Å². The Kier molecular flexibility index (Phi) is 4.49. The van der Waals surface area contributed by atoms with E-state index in [1.54, 1.807) is 18.2 Å². The summed E-state index contributed by atoms with van der Waals surface area (Å²) in [5, 5.41) is 2.74. The van der Waals surface area contributed by atoms with Crippen LogP contribution in [0, 0.1) is 5.92 Å². The van der Waals surface area contributed by atoms with Crippen LogP contribution in [0.2, 0.25) is 0 Å². The normalized spacial score (nSPS) is 24.5. The lowest BCUT2D eigenvalue weighted by molar-refractivity contribution is -0.125. The molecule has 0 aromatic heterocycles. The highest BCUT2D eigenvalue weighted by Crippen LogP contribution is 2.62. The largest absolute Gasteiger partial charge is 0.493 e. The SMILES string of the molecule is COC(=O)c1ccc2c(c1)OCCC2NC(=O)C1C(c2ccc3c(c2)OCO3)C1(F)F. The summed E-state index contributed by atoms with van der Waals surface area (Å²) in [6, 6.07) is 8.86. The van der Waals surface area contributed by atoms with Crippen molar-refractivity contribution in [1.82, 2.24) is 5.32 Å². The molecule has 7 nitrogen and oxygen atoms in total. The van der Waals surface area contributed by atoms with Gasteiger partial charge in [-0.3, -0.25) is 4.79 Å². The van der Waals surface area contributed by atoms with Gasteiger partial charge in [0.05, 0.1) is 31.2 Å². The monoisotopic (exact) mass is 431 g/mol. The van der Waals surface area contributed by atoms with Crippen molar-refractivity contribution in [2.24, 2.45) is 5.92 Å². The molecule has 0 bridgehead atoms. The minimum atomic E-state index is -3.15. The summed E-state index contributed by atoms with van der Waals surface area (Å²) in [6.45, 7) is 0.333. The Morgan fingerprint density at radius 2 is 1.87 bits per heavy atom. The van der Waals surface area contributed by atoms with Gasteiger partial charge in [-0.1, -0.05) is 12.1 Å². The third kappa shape index (κ3) is 3.24. The molecular weight excluding hydrogens is 412 g/mol. The maximum absolute atomic E-state index is 14.6. The number of alkyl halides is 2. The molecular formula is C22H19F2NO6. The summed E-state index contributed by atoms with van der Waals surface area (Å²) in [4.78, 5) is 24.5. The van der Waals surface area contributed by atoms with Crippen LogP contribution in [0.25, 0.3) is 0 Å². The molecule has 3 atom stereocenters. The maximum Gasteiger partial charge on any atom is 0.337 e. The van der Waals surface area contributed by atoms with Crippen LogP contribution in [-0.2, 0) is 9.53 Å². The zero-order chi connectivity index (χ0) is 21.8. The standard InChI is InChI=1S/C22H19F2NO6/c1-28-21(27)12-2-4-13-14(6-7-29-16(13)9-12)25-20(26)19-18(22(19,23)24)11-3-5-15-17(8-11)31-10-30-15/h2-5,8-9,14,18-19H,6-7,10H2,1H3,(H,25,26). The van der Waals surface area contributed by atoms with Gasteiger partial charge in [0.25, 0.3) is 5.92 Å². The van der Waals surface area contributed by atoms with Crippen molar-refractivity contribution < 1.29 is 37.3 Å². The topological polar surface area (TPSA) is 83.1 Å². The quantitative estimate of drug-likeness (QED) is 0.749. The van der Waals surface area contributed by atoms with Crippen molar-refractivity contribution in [3.63, 3.8) is 0 Å². The fraction of sp³-hybridized carbons (Fsp3) is 0.364. The van der Waals surface area contributed by atoms with Crippen LogP contribution in [0.5, 0.6) is 17.2 Å². The first-order valence-corrected chi connectivity index (χ1v) is 9.83. The van der Waals surface area contributed by atoms with E-state index in [2.05, 4.69) is 5.32 Å². The van der Waals surface area contributed by atoms with Gasteiger partial charge >= 0.3 is 5.97 Å². The van der Waals surface area contributed by atoms with Gasteiger partial charge in [0.1, 0.15) is 11.7 Å². The first-order chi connectivity index (χ1) is 14.9. The van der Waals surface area contributed by atoms with Crippen molar-refractivity contribution >= 4 is 11.9 Å². The average molecular weight is 431 g/mol. The molecule has 2 aliphatic heterocycles. The Morgan fingerprint density at radius 1 is 1.06 bits per heavy atom. The molecule has 5 rings (SSSR count). The summed E-state index contributed by atoms with van der Waals surface area (Å²) in [7, 11) is 1.28. The number of ether oxygens (including phenoxy) is 4. The number of nitrogens with one attached hydrogen (secondary N) is 1. The highest BCUT2D eigenvalue weighted by atomic mass is 19.3. The number of amides is 1. The zero-order valence-electron chi connectivity index (χ0n) is 16.5. The number of methoxy groups -OCH3 is 1. The molecule has 2 heterocycles. The van der Waals surface area contributed by atoms with Crippen LogP contribution >= 0.6 is 0 Å². The Bertz CT molecular complexity index is 1070. The predicted octanol–water partition coefficient (Wildman–Crippen LogP) is 3.19. The van der Waals surface area contributed by atoms with Gasteiger partial charge < -0.3 is 24.3 Å². The summed E-state index contributed by atoms with van der Waals surface area (Å²) < 4.78 is 49.9. The van der Waals surface area contributed by atoms with Crippen LogP contribution in [-0.4, -0.2) is 38.3 Å². The summed E-state index contributed by atoms with van der Waals surface area (Å²) in [5.74, 6) is -5.74. The van der Waals surface area contributed by atoms with Gasteiger partial charge in [-0.05, 0) is 29.8 Å². The summed E-state index contributed by atoms with van der Waals surface area (Å²) >= 11 is 0. The summed E-state index contributed by atoms with van der Waals surface area (Å²) in [6.07, 6.45) is 0.434. The number of carbonyl (C=O) groups excluding carboxylic acids is 2. The molecule has 3 aliphatic rings. The van der Waals surface area contributed by atoms with Crippen LogP contribution < -0.4 is 19.5 Å². The number of esters is 1. The lowest BCUT2D eigenvalue weighted by Gasteiger charge is -2.27. The second-order valence-electron chi connectivity index (χ2n) is 7.69. The molecule has 0 spiro atoms. The number of rotatable bonds is 4. The highest BCUT2D eigenvalue weighted by Gasteiger charge is 2.72. The van der Waals surface area contributed by atoms with Gasteiger partial charge in [0, 0.05) is 12.0 Å². The van der Waals surface area contributed by atoms with Gasteiger partial charge in [0.15, 0.2) is 11.5 Å². The lowest BCUT2D eigenvalue weighted by Crippen LogP contribution is -2.34. The van der Waals surface area contributed by atoms with Crippen LogP contribution in [0.15, 0.2) is 36.4 Å². The molecule has 31 heavy (non-hydrogen) atoms. The molecule has 3 unspecified atom stereocenters. The average Bonchev–Trinajstić information content (AvgIpc) is 3.09. The molecule has 0 saturated heterocycles. The molecule has 0 radical (unpaired) electrons. The molecule has 2 aromatic carbocycles. The highest BCUT2D eigenvalue weighted by molar-refractivity contribution is 5.90. The van der Waals surface area contributed by atoms with Crippen LogP contribution in [0.4, 0.5) is 8.78 Å². The van der Waals surface area contributed by atoms with E-state index >= 15 is 0 Å². The van der Waals surface area contributed by atoms with E-state index in [0.29, 0.717) is 40.4 Å². The number of benzene rings is 2. The minimum Gasteiger partial charge on any atom is -0.493 e. The smallest absolute Gasteiger partial charge is 0.337 e. The predicted molar refractivity (Wildman–Crippen MR) is 103 cm³/mol. The molecule has 1 saturated carbocycles. The Morgan fingerprint density at radius 3 is 2.68 bits per heavy atom. The van der Waals surface area contributed by atoms with E-state index in [-0.39, 0.29) is 13.4 Å². The third-order valence-corrected chi connectivity index (χ3v) is 5.88. The number of fused-ring (bicyclic) bond motifs is 2. The van der Waals surface area contributed by atoms with Crippen molar-refractivity contribution in [3.8, 4) is 17.2 Å². The number of hydrogen-bond acceptors (Lipinski definition) is 6. The molecule has 1 fully saturated rings. The van der Waals surface area contributed by atoms with Gasteiger partial charge in [-0.15, -0.1) is 0 Å². The van der Waals surface area contributed by atoms with E-state index < -0.39 is 35.7 Å². The second kappa shape index (κ2) is 7.11. The van der Waals surface area contributed by atoms with Crippen LogP contribution in [0.3, 0.4) is 0 Å². The maximum atomic E-state index is 14.6. The van der Waals surface area contributed by atoms with Crippen LogP contribution in [0.1, 0.15) is 39.9 Å². The first-order valence-electron chi connectivity index (χ1n) is 9.83. The van der Waals surface area contributed by atoms with Crippen molar-refractivity contribution in [2.45, 2.75) is 24.3 Å². The van der Waals surface area contributed by atoms with Crippen molar-refractivity contribution in [1.29, 1.82) is 0 Å². The molecule has 1 amide bonds. The van der Waals surface area contributed by atoms with Gasteiger partial charge in [-0.25, -0.2) is 13.6 Å². The molecule has 1 N–H and O–H groups in total. The summed E-state index contributed by atoms with van der Waals surface area (Å²) in [5.41, 5.74) is 1.28. The lowest BCUT2D eigenvalue weighted by atomic mass is 9.98. The Balaban J connectivity index is 1.33. The zero-order valence-corrected chi connectivity index (χ0v) is 16.5. The van der Waals surface area contributed by atoms with Gasteiger partial charge in [0.2, 0.25) is 12.7 Å². The van der Waals surface area contributed by atoms with E-state index in [1.807, 2.05) is 0 Å². The van der Waals surface area contributed by atoms with Crippen molar-refractivity contribution in [3.05, 3.63) is 53.1 Å². The minimum absolute atomic E-state index is 0.0462. The van der Waals surface area contributed by atoms with Crippen molar-refractivity contribution in [2.75, 3.05) is 20.5 Å². The first kappa shape index (κ1) is 19.6. The fourth-order valence-corrected chi connectivity index (χ4v) is 4.22. The number of carbonyl (C=O) groups is 2. The molecule has 9 heteroatoms. The van der Waals surface area contributed by atoms with E-state index in [1.165, 1.54) is 25.3 Å². The van der Waals surface area contributed by atoms with Gasteiger partial charge in [-0.2, -0.15) is 0 Å².